The van der Waals surface area contributed by atoms with E-state index in [2.05, 4.69) is 12.2 Å². The highest BCUT2D eigenvalue weighted by Gasteiger charge is 2.34. The van der Waals surface area contributed by atoms with Crippen LogP contribution in [-0.4, -0.2) is 17.3 Å². The van der Waals surface area contributed by atoms with Crippen molar-refractivity contribution in [3.63, 3.8) is 0 Å². The van der Waals surface area contributed by atoms with Gasteiger partial charge < -0.3 is 10.4 Å². The Morgan fingerprint density at radius 3 is 2.39 bits per heavy atom. The molecule has 2 rings (SSSR count). The van der Waals surface area contributed by atoms with E-state index in [0.717, 1.165) is 10.7 Å². The van der Waals surface area contributed by atoms with E-state index < -0.39 is 0 Å². The molecule has 0 aliphatic heterocycles. The minimum atomic E-state index is -0.228. The summed E-state index contributed by atoms with van der Waals surface area (Å²) in [5.74, 6) is 0.548. The molecule has 1 aromatic rings. The maximum atomic E-state index is 9.76. The van der Waals surface area contributed by atoms with Crippen molar-refractivity contribution in [1.29, 1.82) is 0 Å². The first-order valence-corrected chi connectivity index (χ1v) is 7.16. The van der Waals surface area contributed by atoms with Gasteiger partial charge >= 0.3 is 0 Å². The second-order valence-electron chi connectivity index (χ2n) is 5.54. The van der Waals surface area contributed by atoms with E-state index in [4.69, 9.17) is 11.6 Å². The fourth-order valence-corrected chi connectivity index (χ4v) is 3.00. The van der Waals surface area contributed by atoms with Crippen molar-refractivity contribution in [2.75, 3.05) is 11.9 Å². The molecule has 2 nitrogen and oxygen atoms in total. The highest BCUT2D eigenvalue weighted by Crippen LogP contribution is 2.34. The standard InChI is InChI=1S/C15H22ClNO/c1-15(11-18,12-5-3-2-4-6-12)17-14-9-7-13(16)8-10-14/h7-10,12,17-18H,2-6,11H2,1H3. The van der Waals surface area contributed by atoms with Crippen LogP contribution in [0.5, 0.6) is 0 Å². The quantitative estimate of drug-likeness (QED) is 0.861. The Hall–Kier alpha value is -0.730. The van der Waals surface area contributed by atoms with Crippen molar-refractivity contribution < 1.29 is 5.11 Å². The molecule has 1 saturated carbocycles. The summed E-state index contributed by atoms with van der Waals surface area (Å²) < 4.78 is 0. The third kappa shape index (κ3) is 3.18. The Bertz CT molecular complexity index is 373. The lowest BCUT2D eigenvalue weighted by Crippen LogP contribution is -2.47. The van der Waals surface area contributed by atoms with Gasteiger partial charge in [0.25, 0.3) is 0 Å². The molecule has 0 amide bonds. The minimum absolute atomic E-state index is 0.167. The lowest BCUT2D eigenvalue weighted by atomic mass is 9.76. The molecule has 0 radical (unpaired) electrons. The van der Waals surface area contributed by atoms with Gasteiger partial charge in [0.15, 0.2) is 0 Å². The maximum absolute atomic E-state index is 9.76. The summed E-state index contributed by atoms with van der Waals surface area (Å²) in [5, 5.41) is 14.0. The van der Waals surface area contributed by atoms with Gasteiger partial charge in [-0.25, -0.2) is 0 Å². The predicted molar refractivity (Wildman–Crippen MR) is 77.1 cm³/mol. The Morgan fingerprint density at radius 2 is 1.83 bits per heavy atom. The number of aliphatic hydroxyl groups excluding tert-OH is 1. The fraction of sp³-hybridized carbons (Fsp3) is 0.600. The number of rotatable bonds is 4. The van der Waals surface area contributed by atoms with Crippen LogP contribution < -0.4 is 5.32 Å². The average Bonchev–Trinajstić information content (AvgIpc) is 2.42. The third-order valence-corrected chi connectivity index (χ3v) is 4.36. The molecule has 1 atom stereocenters. The maximum Gasteiger partial charge on any atom is 0.0661 e. The lowest BCUT2D eigenvalue weighted by Gasteiger charge is -2.40. The molecular formula is C15H22ClNO. The first-order chi connectivity index (χ1) is 8.64. The van der Waals surface area contributed by atoms with Gasteiger partial charge in [0.05, 0.1) is 12.1 Å². The van der Waals surface area contributed by atoms with Crippen molar-refractivity contribution in [1.82, 2.24) is 0 Å². The molecule has 0 bridgehead atoms. The predicted octanol–water partition coefficient (Wildman–Crippen LogP) is 4.08. The highest BCUT2D eigenvalue weighted by atomic mass is 35.5. The van der Waals surface area contributed by atoms with Crippen LogP contribution >= 0.6 is 11.6 Å². The van der Waals surface area contributed by atoms with Crippen LogP contribution in [0.1, 0.15) is 39.0 Å². The number of hydrogen-bond acceptors (Lipinski definition) is 2. The summed E-state index contributed by atoms with van der Waals surface area (Å²) in [6, 6.07) is 7.70. The Labute approximate surface area is 114 Å². The molecule has 0 heterocycles. The molecule has 1 aliphatic rings. The van der Waals surface area contributed by atoms with Crippen molar-refractivity contribution in [2.24, 2.45) is 5.92 Å². The first-order valence-electron chi connectivity index (χ1n) is 6.79. The number of nitrogens with one attached hydrogen (secondary N) is 1. The van der Waals surface area contributed by atoms with Gasteiger partial charge in [-0.05, 0) is 49.9 Å². The van der Waals surface area contributed by atoms with Gasteiger partial charge in [-0.3, -0.25) is 0 Å². The van der Waals surface area contributed by atoms with Crippen molar-refractivity contribution in [3.05, 3.63) is 29.3 Å². The van der Waals surface area contributed by atoms with Gasteiger partial charge in [0.2, 0.25) is 0 Å². The van der Waals surface area contributed by atoms with E-state index >= 15 is 0 Å². The van der Waals surface area contributed by atoms with Gasteiger partial charge in [0.1, 0.15) is 0 Å². The van der Waals surface area contributed by atoms with Crippen LogP contribution in [0.2, 0.25) is 5.02 Å². The van der Waals surface area contributed by atoms with Gasteiger partial charge in [0, 0.05) is 10.7 Å². The first kappa shape index (κ1) is 13.7. The number of hydrogen-bond donors (Lipinski definition) is 2. The van der Waals surface area contributed by atoms with Gasteiger partial charge in [-0.2, -0.15) is 0 Å². The normalized spacial score (nSPS) is 20.4. The molecular weight excluding hydrogens is 246 g/mol. The summed E-state index contributed by atoms with van der Waals surface area (Å²) in [6.45, 7) is 2.29. The van der Waals surface area contributed by atoms with E-state index in [1.807, 2.05) is 24.3 Å². The molecule has 3 heteroatoms. The summed E-state index contributed by atoms with van der Waals surface area (Å²) in [6.07, 6.45) is 6.30. The number of anilines is 1. The van der Waals surface area contributed by atoms with Crippen molar-refractivity contribution >= 4 is 17.3 Å². The van der Waals surface area contributed by atoms with Crippen molar-refractivity contribution in [2.45, 2.75) is 44.6 Å². The summed E-state index contributed by atoms with van der Waals surface area (Å²) in [5.41, 5.74) is 0.801. The van der Waals surface area contributed by atoms with E-state index in [1.54, 1.807) is 0 Å². The Balaban J connectivity index is 2.08. The van der Waals surface area contributed by atoms with E-state index in [1.165, 1.54) is 32.1 Å². The zero-order valence-corrected chi connectivity index (χ0v) is 11.7. The second-order valence-corrected chi connectivity index (χ2v) is 5.98. The number of benzene rings is 1. The van der Waals surface area contributed by atoms with Gasteiger partial charge in [-0.1, -0.05) is 30.9 Å². The van der Waals surface area contributed by atoms with E-state index in [-0.39, 0.29) is 12.1 Å². The lowest BCUT2D eigenvalue weighted by molar-refractivity contribution is 0.144. The molecule has 1 unspecified atom stereocenters. The third-order valence-electron chi connectivity index (χ3n) is 4.11. The van der Waals surface area contributed by atoms with Crippen LogP contribution in [0.15, 0.2) is 24.3 Å². The largest absolute Gasteiger partial charge is 0.394 e. The monoisotopic (exact) mass is 267 g/mol. The zero-order chi connectivity index (χ0) is 13.0. The Kier molecular flexibility index (Phi) is 4.52. The Morgan fingerprint density at radius 1 is 1.22 bits per heavy atom. The summed E-state index contributed by atoms with van der Waals surface area (Å²) >= 11 is 5.89. The molecule has 1 aromatic carbocycles. The van der Waals surface area contributed by atoms with Crippen LogP contribution in [0.3, 0.4) is 0 Å². The molecule has 18 heavy (non-hydrogen) atoms. The highest BCUT2D eigenvalue weighted by molar-refractivity contribution is 6.30. The molecule has 1 fully saturated rings. The van der Waals surface area contributed by atoms with Crippen LogP contribution in [0.25, 0.3) is 0 Å². The van der Waals surface area contributed by atoms with Crippen LogP contribution in [0, 0.1) is 5.92 Å². The van der Waals surface area contributed by atoms with Crippen LogP contribution in [0.4, 0.5) is 5.69 Å². The van der Waals surface area contributed by atoms with Crippen molar-refractivity contribution in [3.8, 4) is 0 Å². The molecule has 0 aromatic heterocycles. The molecule has 100 valence electrons. The summed E-state index contributed by atoms with van der Waals surface area (Å²) in [4.78, 5) is 0. The number of aliphatic hydroxyl groups is 1. The second kappa shape index (κ2) is 5.94. The fourth-order valence-electron chi connectivity index (χ4n) is 2.87. The molecule has 1 aliphatic carbocycles. The van der Waals surface area contributed by atoms with Crippen LogP contribution in [-0.2, 0) is 0 Å². The summed E-state index contributed by atoms with van der Waals surface area (Å²) in [7, 11) is 0. The van der Waals surface area contributed by atoms with E-state index in [0.29, 0.717) is 5.92 Å². The molecule has 2 N–H and O–H groups in total. The SMILES string of the molecule is CC(CO)(Nc1ccc(Cl)cc1)C1CCCCC1. The zero-order valence-electron chi connectivity index (χ0n) is 11.0. The molecule has 0 saturated heterocycles. The van der Waals surface area contributed by atoms with E-state index in [9.17, 15) is 5.11 Å². The molecule has 0 spiro atoms. The topological polar surface area (TPSA) is 32.3 Å². The minimum Gasteiger partial charge on any atom is -0.394 e. The smallest absolute Gasteiger partial charge is 0.0661 e. The number of halogens is 1. The average molecular weight is 268 g/mol. The van der Waals surface area contributed by atoms with Gasteiger partial charge in [-0.15, -0.1) is 0 Å².